The summed E-state index contributed by atoms with van der Waals surface area (Å²) in [5, 5.41) is 11.0. The lowest BCUT2D eigenvalue weighted by Crippen LogP contribution is -2.35. The van der Waals surface area contributed by atoms with Crippen LogP contribution in [0.3, 0.4) is 0 Å². The minimum Gasteiger partial charge on any atom is -0.478 e. The molecule has 144 valence electrons. The molecule has 1 amide bonds. The molecular formula is C16H18N4O4S3. The lowest BCUT2D eigenvalue weighted by atomic mass is 10.2. The van der Waals surface area contributed by atoms with E-state index in [1.165, 1.54) is 27.4 Å². The van der Waals surface area contributed by atoms with Crippen LogP contribution in [0.4, 0.5) is 10.8 Å². The lowest BCUT2D eigenvalue weighted by Gasteiger charge is -2.20. The van der Waals surface area contributed by atoms with Crippen LogP contribution in [0.25, 0.3) is 0 Å². The number of carbonyl (C=O) groups is 1. The molecule has 1 aliphatic heterocycles. The number of ether oxygens (including phenoxy) is 1. The van der Waals surface area contributed by atoms with Gasteiger partial charge in [0, 0.05) is 18.7 Å². The number of thioether (sulfide) groups is 1. The first-order chi connectivity index (χ1) is 12.9. The molecule has 0 fully saturated rings. The minimum absolute atomic E-state index is 0.143. The molecule has 0 aliphatic carbocycles. The van der Waals surface area contributed by atoms with Crippen LogP contribution in [-0.4, -0.2) is 49.2 Å². The van der Waals surface area contributed by atoms with Gasteiger partial charge in [-0.25, -0.2) is 8.42 Å². The highest BCUT2D eigenvalue weighted by Crippen LogP contribution is 2.34. The van der Waals surface area contributed by atoms with E-state index in [9.17, 15) is 13.2 Å². The number of fused-ring (bicyclic) bond motifs is 1. The molecule has 1 N–H and O–H groups in total. The molecule has 8 nitrogen and oxygen atoms in total. The summed E-state index contributed by atoms with van der Waals surface area (Å²) < 4.78 is 32.0. The molecule has 0 saturated heterocycles. The van der Waals surface area contributed by atoms with Crippen molar-refractivity contribution in [2.45, 2.75) is 16.9 Å². The van der Waals surface area contributed by atoms with Gasteiger partial charge in [0.05, 0.1) is 11.9 Å². The molecule has 0 bridgehead atoms. The zero-order chi connectivity index (χ0) is 19.4. The van der Waals surface area contributed by atoms with Crippen LogP contribution >= 0.6 is 23.1 Å². The third-order valence-electron chi connectivity index (χ3n) is 3.65. The molecule has 27 heavy (non-hydrogen) atoms. The highest BCUT2D eigenvalue weighted by atomic mass is 32.2. The molecule has 11 heteroatoms. The Labute approximate surface area is 165 Å². The zero-order valence-electron chi connectivity index (χ0n) is 14.5. The second-order valence-corrected chi connectivity index (χ2v) is 9.81. The number of nitrogens with zero attached hydrogens (tertiary/aromatic N) is 3. The number of nitrogens with one attached hydrogen (secondary N) is 1. The Bertz CT molecular complexity index is 945. The van der Waals surface area contributed by atoms with Gasteiger partial charge in [0.25, 0.3) is 5.91 Å². The van der Waals surface area contributed by atoms with Crippen LogP contribution in [0.2, 0.25) is 0 Å². The molecule has 0 saturated carbocycles. The second kappa shape index (κ2) is 8.28. The van der Waals surface area contributed by atoms with Crippen molar-refractivity contribution in [3.8, 4) is 5.75 Å². The smallest absolute Gasteiger partial charge is 0.267 e. The minimum atomic E-state index is -3.49. The normalized spacial score (nSPS) is 16.8. The van der Waals surface area contributed by atoms with Crippen molar-refractivity contribution in [3.05, 3.63) is 36.9 Å². The average Bonchev–Trinajstić information content (AvgIpc) is 2.95. The van der Waals surface area contributed by atoms with Gasteiger partial charge in [-0.3, -0.25) is 14.4 Å². The molecule has 2 aromatic rings. The summed E-state index contributed by atoms with van der Waals surface area (Å²) >= 11 is 2.73. The number of benzene rings is 1. The number of aromatic nitrogens is 2. The van der Waals surface area contributed by atoms with Crippen LogP contribution in [0.1, 0.15) is 6.42 Å². The van der Waals surface area contributed by atoms with Crippen molar-refractivity contribution in [2.75, 3.05) is 28.2 Å². The number of amides is 1. The zero-order valence-corrected chi connectivity index (χ0v) is 16.9. The van der Waals surface area contributed by atoms with Gasteiger partial charge in [-0.15, -0.1) is 16.8 Å². The Morgan fingerprint density at radius 1 is 1.48 bits per heavy atom. The molecule has 2 heterocycles. The van der Waals surface area contributed by atoms with Gasteiger partial charge in [-0.2, -0.15) is 0 Å². The van der Waals surface area contributed by atoms with Crippen molar-refractivity contribution >= 4 is 49.8 Å². The lowest BCUT2D eigenvalue weighted by molar-refractivity contribution is -0.122. The third kappa shape index (κ3) is 4.79. The molecule has 3 rings (SSSR count). The van der Waals surface area contributed by atoms with Crippen LogP contribution in [0.5, 0.6) is 5.75 Å². The molecular weight excluding hydrogens is 408 g/mol. The Hall–Kier alpha value is -2.11. The van der Waals surface area contributed by atoms with Gasteiger partial charge in [-0.1, -0.05) is 41.3 Å². The van der Waals surface area contributed by atoms with Crippen LogP contribution in [0, 0.1) is 0 Å². The van der Waals surface area contributed by atoms with E-state index in [-0.39, 0.29) is 13.0 Å². The van der Waals surface area contributed by atoms with Gasteiger partial charge in [-0.05, 0) is 12.1 Å². The Morgan fingerprint density at radius 3 is 3.00 bits per heavy atom. The average molecular weight is 427 g/mol. The number of carbonyl (C=O) groups excluding carboxylic acids is 1. The van der Waals surface area contributed by atoms with E-state index in [4.69, 9.17) is 4.74 Å². The summed E-state index contributed by atoms with van der Waals surface area (Å²) in [6.07, 6.45) is 2.26. The predicted octanol–water partition coefficient (Wildman–Crippen LogP) is 2.37. The van der Waals surface area contributed by atoms with E-state index in [0.29, 0.717) is 22.3 Å². The summed E-state index contributed by atoms with van der Waals surface area (Å²) in [6.45, 7) is 3.79. The summed E-state index contributed by atoms with van der Waals surface area (Å²) in [5.74, 6) is 0.656. The fraction of sp³-hybridized carbons (Fsp3) is 0.312. The van der Waals surface area contributed by atoms with Crippen LogP contribution in [-0.2, 0) is 14.8 Å². The van der Waals surface area contributed by atoms with Gasteiger partial charge in [0.15, 0.2) is 10.4 Å². The fourth-order valence-electron chi connectivity index (χ4n) is 2.49. The van der Waals surface area contributed by atoms with Crippen LogP contribution in [0.15, 0.2) is 41.3 Å². The van der Waals surface area contributed by atoms with Crippen molar-refractivity contribution in [2.24, 2.45) is 0 Å². The first-order valence-corrected chi connectivity index (χ1v) is 11.6. The molecule has 0 spiro atoms. The molecule has 0 radical (unpaired) electrons. The Balaban J connectivity index is 1.75. The van der Waals surface area contributed by atoms with E-state index in [2.05, 4.69) is 22.1 Å². The van der Waals surface area contributed by atoms with E-state index >= 15 is 0 Å². The van der Waals surface area contributed by atoms with E-state index in [1.807, 2.05) is 0 Å². The summed E-state index contributed by atoms with van der Waals surface area (Å²) in [5.41, 5.74) is 0.425. The van der Waals surface area contributed by atoms with Crippen molar-refractivity contribution < 1.29 is 17.9 Å². The first-order valence-electron chi connectivity index (χ1n) is 8.00. The van der Waals surface area contributed by atoms with E-state index in [0.717, 1.165) is 10.6 Å². The van der Waals surface area contributed by atoms with Crippen molar-refractivity contribution in [1.82, 2.24) is 10.2 Å². The fourth-order valence-corrected chi connectivity index (χ4v) is 4.95. The molecule has 1 unspecified atom stereocenters. The SMILES string of the molecule is C=CCSc1nnc(NC(=O)C2CCN(S(C)(=O)=O)c3ccccc3O2)s1. The van der Waals surface area contributed by atoms with E-state index < -0.39 is 22.0 Å². The number of sulfonamides is 1. The van der Waals surface area contributed by atoms with Crippen LogP contribution < -0.4 is 14.4 Å². The summed E-state index contributed by atoms with van der Waals surface area (Å²) in [6, 6.07) is 6.76. The number of hydrogen-bond acceptors (Lipinski definition) is 8. The molecule has 1 aromatic heterocycles. The molecule has 1 aromatic carbocycles. The van der Waals surface area contributed by atoms with Gasteiger partial charge in [0.1, 0.15) is 5.75 Å². The van der Waals surface area contributed by atoms with Gasteiger partial charge < -0.3 is 4.74 Å². The number of anilines is 2. The Morgan fingerprint density at radius 2 is 2.26 bits per heavy atom. The predicted molar refractivity (Wildman–Crippen MR) is 107 cm³/mol. The van der Waals surface area contributed by atoms with Crippen molar-refractivity contribution in [3.63, 3.8) is 0 Å². The Kier molecular flexibility index (Phi) is 6.02. The largest absolute Gasteiger partial charge is 0.478 e. The monoisotopic (exact) mass is 426 g/mol. The highest BCUT2D eigenvalue weighted by molar-refractivity contribution is 8.01. The maximum atomic E-state index is 12.6. The molecule has 1 aliphatic rings. The first kappa shape index (κ1) is 19.6. The standard InChI is InChI=1S/C16H18N4O4S3/c1-3-10-25-16-19-18-15(26-16)17-14(21)13-8-9-20(27(2,22)23)11-6-4-5-7-12(11)24-13/h3-7,13H,1,8-10H2,2H3,(H,17,18,21). The maximum Gasteiger partial charge on any atom is 0.267 e. The quantitative estimate of drug-likeness (QED) is 0.430. The summed E-state index contributed by atoms with van der Waals surface area (Å²) in [7, 11) is -3.49. The third-order valence-corrected chi connectivity index (χ3v) is 6.80. The van der Waals surface area contributed by atoms with Gasteiger partial charge in [0.2, 0.25) is 15.2 Å². The number of rotatable bonds is 6. The van der Waals surface area contributed by atoms with E-state index in [1.54, 1.807) is 30.3 Å². The highest BCUT2D eigenvalue weighted by Gasteiger charge is 2.31. The number of hydrogen-bond donors (Lipinski definition) is 1. The topological polar surface area (TPSA) is 101 Å². The second-order valence-electron chi connectivity index (χ2n) is 5.66. The number of para-hydroxylation sites is 2. The molecule has 1 atom stereocenters. The van der Waals surface area contributed by atoms with Gasteiger partial charge >= 0.3 is 0 Å². The van der Waals surface area contributed by atoms with Crippen molar-refractivity contribution in [1.29, 1.82) is 0 Å². The summed E-state index contributed by atoms with van der Waals surface area (Å²) in [4.78, 5) is 12.6. The maximum absolute atomic E-state index is 12.6.